The molecule has 0 aromatic heterocycles. The highest BCUT2D eigenvalue weighted by atomic mass is 35.5. The molecule has 5 nitrogen and oxygen atoms in total. The van der Waals surface area contributed by atoms with Crippen LogP contribution in [0.25, 0.3) is 0 Å². The molecule has 1 unspecified atom stereocenters. The van der Waals surface area contributed by atoms with Crippen LogP contribution in [0.1, 0.15) is 31.7 Å². The van der Waals surface area contributed by atoms with E-state index in [-0.39, 0.29) is 24.2 Å². The van der Waals surface area contributed by atoms with Crippen LogP contribution in [0.4, 0.5) is 5.69 Å². The molecule has 24 heavy (non-hydrogen) atoms. The monoisotopic (exact) mass is 352 g/mol. The summed E-state index contributed by atoms with van der Waals surface area (Å²) in [6.45, 7) is 5.08. The molecular formula is C18H25ClN2O3. The number of ether oxygens (including phenoxy) is 1. The molecule has 0 radical (unpaired) electrons. The van der Waals surface area contributed by atoms with Gasteiger partial charge in [-0.3, -0.25) is 9.59 Å². The van der Waals surface area contributed by atoms with Crippen molar-refractivity contribution < 1.29 is 14.3 Å². The third kappa shape index (κ3) is 3.83. The average molecular weight is 353 g/mol. The maximum Gasteiger partial charge on any atom is 0.227 e. The fourth-order valence-corrected chi connectivity index (χ4v) is 3.10. The highest BCUT2D eigenvalue weighted by Crippen LogP contribution is 2.37. The van der Waals surface area contributed by atoms with Gasteiger partial charge >= 0.3 is 0 Å². The van der Waals surface area contributed by atoms with Crippen molar-refractivity contribution in [3.63, 3.8) is 0 Å². The summed E-state index contributed by atoms with van der Waals surface area (Å²) in [4.78, 5) is 28.4. The first-order chi connectivity index (χ1) is 11.4. The SMILES string of the molecule is CCCCN(C)C(=O)C1CC(=O)N(c2cc(C)c(Cl)cc2OC)C1. The van der Waals surface area contributed by atoms with Crippen LogP contribution in [0.15, 0.2) is 12.1 Å². The highest BCUT2D eigenvalue weighted by molar-refractivity contribution is 6.31. The van der Waals surface area contributed by atoms with Crippen molar-refractivity contribution in [1.29, 1.82) is 0 Å². The molecule has 1 aromatic carbocycles. The molecule has 132 valence electrons. The van der Waals surface area contributed by atoms with E-state index in [0.29, 0.717) is 23.0 Å². The lowest BCUT2D eigenvalue weighted by Crippen LogP contribution is -2.35. The van der Waals surface area contributed by atoms with E-state index in [0.717, 1.165) is 24.9 Å². The Labute approximate surface area is 148 Å². The van der Waals surface area contributed by atoms with Gasteiger partial charge in [-0.2, -0.15) is 0 Å². The van der Waals surface area contributed by atoms with Gasteiger partial charge in [-0.25, -0.2) is 0 Å². The number of methoxy groups -OCH3 is 1. The maximum absolute atomic E-state index is 12.5. The quantitative estimate of drug-likeness (QED) is 0.789. The second-order valence-electron chi connectivity index (χ2n) is 6.29. The Kier molecular flexibility index (Phi) is 6.10. The normalized spacial score (nSPS) is 17.3. The third-order valence-electron chi connectivity index (χ3n) is 4.45. The molecule has 1 atom stereocenters. The molecule has 2 rings (SSSR count). The number of hydrogen-bond acceptors (Lipinski definition) is 3. The maximum atomic E-state index is 12.5. The summed E-state index contributed by atoms with van der Waals surface area (Å²) in [5.74, 6) is 0.215. The van der Waals surface area contributed by atoms with Crippen LogP contribution in [-0.2, 0) is 9.59 Å². The zero-order chi connectivity index (χ0) is 17.9. The number of carbonyl (C=O) groups excluding carboxylic acids is 2. The Balaban J connectivity index is 2.18. The molecule has 1 aromatic rings. The van der Waals surface area contributed by atoms with E-state index in [2.05, 4.69) is 6.92 Å². The number of hydrogen-bond donors (Lipinski definition) is 0. The summed E-state index contributed by atoms with van der Waals surface area (Å²) in [6.07, 6.45) is 2.24. The summed E-state index contributed by atoms with van der Waals surface area (Å²) in [5, 5.41) is 0.592. The second kappa shape index (κ2) is 7.88. The van der Waals surface area contributed by atoms with Gasteiger partial charge in [-0.1, -0.05) is 24.9 Å². The smallest absolute Gasteiger partial charge is 0.227 e. The Bertz CT molecular complexity index is 633. The predicted octanol–water partition coefficient (Wildman–Crippen LogP) is 3.27. The zero-order valence-corrected chi connectivity index (χ0v) is 15.5. The van der Waals surface area contributed by atoms with Crippen molar-refractivity contribution in [3.8, 4) is 5.75 Å². The zero-order valence-electron chi connectivity index (χ0n) is 14.8. The molecule has 6 heteroatoms. The van der Waals surface area contributed by atoms with Crippen molar-refractivity contribution >= 4 is 29.1 Å². The summed E-state index contributed by atoms with van der Waals surface area (Å²) in [5.41, 5.74) is 1.55. The molecule has 0 spiro atoms. The third-order valence-corrected chi connectivity index (χ3v) is 4.86. The summed E-state index contributed by atoms with van der Waals surface area (Å²) >= 11 is 6.13. The standard InChI is InChI=1S/C18H25ClN2O3/c1-5-6-7-20(3)18(23)13-9-17(22)21(11-13)15-8-12(2)14(19)10-16(15)24-4/h8,10,13H,5-7,9,11H2,1-4H3. The summed E-state index contributed by atoms with van der Waals surface area (Å²) < 4.78 is 5.36. The Hall–Kier alpha value is -1.75. The van der Waals surface area contributed by atoms with E-state index in [1.54, 1.807) is 30.0 Å². The van der Waals surface area contributed by atoms with Crippen molar-refractivity contribution in [1.82, 2.24) is 4.90 Å². The lowest BCUT2D eigenvalue weighted by molar-refractivity contribution is -0.134. The van der Waals surface area contributed by atoms with Crippen molar-refractivity contribution in [3.05, 3.63) is 22.7 Å². The first-order valence-corrected chi connectivity index (χ1v) is 8.66. The predicted molar refractivity (Wildman–Crippen MR) is 95.7 cm³/mol. The fraction of sp³-hybridized carbons (Fsp3) is 0.556. The highest BCUT2D eigenvalue weighted by Gasteiger charge is 2.37. The van der Waals surface area contributed by atoms with E-state index in [4.69, 9.17) is 16.3 Å². The lowest BCUT2D eigenvalue weighted by atomic mass is 10.1. The topological polar surface area (TPSA) is 49.9 Å². The van der Waals surface area contributed by atoms with E-state index < -0.39 is 0 Å². The van der Waals surface area contributed by atoms with Gasteiger partial charge in [0.15, 0.2) is 0 Å². The number of nitrogens with zero attached hydrogens (tertiary/aromatic N) is 2. The molecule has 0 aliphatic carbocycles. The number of anilines is 1. The van der Waals surface area contributed by atoms with Crippen molar-refractivity contribution in [2.75, 3.05) is 32.1 Å². The summed E-state index contributed by atoms with van der Waals surface area (Å²) in [7, 11) is 3.35. The Morgan fingerprint density at radius 3 is 2.79 bits per heavy atom. The Morgan fingerprint density at radius 1 is 1.46 bits per heavy atom. The molecule has 1 saturated heterocycles. The fourth-order valence-electron chi connectivity index (χ4n) is 2.95. The van der Waals surface area contributed by atoms with Crippen LogP contribution in [-0.4, -0.2) is 44.0 Å². The van der Waals surface area contributed by atoms with Crippen LogP contribution in [0.2, 0.25) is 5.02 Å². The molecule has 2 amide bonds. The van der Waals surface area contributed by atoms with Gasteiger partial charge in [-0.15, -0.1) is 0 Å². The molecule has 1 aliphatic heterocycles. The van der Waals surface area contributed by atoms with Crippen molar-refractivity contribution in [2.24, 2.45) is 5.92 Å². The molecule has 1 aliphatic rings. The minimum atomic E-state index is -0.306. The van der Waals surface area contributed by atoms with Crippen LogP contribution in [0, 0.1) is 12.8 Å². The first kappa shape index (κ1) is 18.6. The van der Waals surface area contributed by atoms with Gasteiger partial charge in [0.2, 0.25) is 11.8 Å². The van der Waals surface area contributed by atoms with E-state index >= 15 is 0 Å². The number of benzene rings is 1. The largest absolute Gasteiger partial charge is 0.495 e. The van der Waals surface area contributed by atoms with Gasteiger partial charge in [0.25, 0.3) is 0 Å². The average Bonchev–Trinajstić information content (AvgIpc) is 2.95. The van der Waals surface area contributed by atoms with Gasteiger partial charge in [-0.05, 0) is 25.0 Å². The van der Waals surface area contributed by atoms with E-state index in [1.807, 2.05) is 13.0 Å². The molecule has 1 fully saturated rings. The summed E-state index contributed by atoms with van der Waals surface area (Å²) in [6, 6.07) is 3.55. The van der Waals surface area contributed by atoms with Crippen LogP contribution in [0.5, 0.6) is 5.75 Å². The number of unbranched alkanes of at least 4 members (excludes halogenated alkanes) is 1. The van der Waals surface area contributed by atoms with Crippen molar-refractivity contribution in [2.45, 2.75) is 33.1 Å². The van der Waals surface area contributed by atoms with E-state index in [1.165, 1.54) is 0 Å². The number of aryl methyl sites for hydroxylation is 1. The molecule has 0 bridgehead atoms. The lowest BCUT2D eigenvalue weighted by Gasteiger charge is -2.22. The number of rotatable bonds is 6. The minimum absolute atomic E-state index is 0.0314. The van der Waals surface area contributed by atoms with Gasteiger partial charge in [0.1, 0.15) is 5.75 Å². The first-order valence-electron chi connectivity index (χ1n) is 8.28. The van der Waals surface area contributed by atoms with Crippen LogP contribution in [0.3, 0.4) is 0 Å². The molecule has 0 saturated carbocycles. The number of carbonyl (C=O) groups is 2. The Morgan fingerprint density at radius 2 is 2.17 bits per heavy atom. The second-order valence-corrected chi connectivity index (χ2v) is 6.70. The van der Waals surface area contributed by atoms with Gasteiger partial charge in [0, 0.05) is 37.6 Å². The molecule has 0 N–H and O–H groups in total. The molecular weight excluding hydrogens is 328 g/mol. The van der Waals surface area contributed by atoms with Crippen LogP contribution < -0.4 is 9.64 Å². The minimum Gasteiger partial charge on any atom is -0.495 e. The number of halogens is 1. The van der Waals surface area contributed by atoms with Gasteiger partial charge in [0.05, 0.1) is 18.7 Å². The van der Waals surface area contributed by atoms with Gasteiger partial charge < -0.3 is 14.5 Å². The molecule has 1 heterocycles. The van der Waals surface area contributed by atoms with Crippen LogP contribution >= 0.6 is 11.6 Å². The van der Waals surface area contributed by atoms with E-state index in [9.17, 15) is 9.59 Å². The number of amides is 2.